The van der Waals surface area contributed by atoms with Gasteiger partial charge in [0.2, 0.25) is 0 Å². The Morgan fingerprint density at radius 3 is 3.09 bits per heavy atom. The summed E-state index contributed by atoms with van der Waals surface area (Å²) in [5.74, 6) is 0.0850. The van der Waals surface area contributed by atoms with Crippen molar-refractivity contribution in [3.05, 3.63) is 41.9 Å². The Balaban J connectivity index is 2.54. The predicted molar refractivity (Wildman–Crippen MR) is 39.9 cm³/mol. The molecule has 0 saturated carbocycles. The van der Waals surface area contributed by atoms with Crippen LogP contribution in [-0.4, -0.2) is 0 Å². The van der Waals surface area contributed by atoms with Crippen molar-refractivity contribution >= 4 is 0 Å². The second-order valence-electron chi connectivity index (χ2n) is 2.42. The third kappa shape index (κ3) is 1.00. The van der Waals surface area contributed by atoms with Crippen molar-refractivity contribution in [2.45, 2.75) is 6.42 Å². The van der Waals surface area contributed by atoms with Gasteiger partial charge in [-0.1, -0.05) is 12.1 Å². The topological polar surface area (TPSA) is 9.23 Å². The van der Waals surface area contributed by atoms with Gasteiger partial charge in [0.15, 0.2) is 11.6 Å². The zero-order valence-electron chi connectivity index (χ0n) is 5.88. The third-order valence-corrected chi connectivity index (χ3v) is 1.67. The minimum atomic E-state index is -0.285. The maximum absolute atomic E-state index is 12.9. The molecule has 0 aromatic heterocycles. The number of hydrogen-bond acceptors (Lipinski definition) is 1. The number of allylic oxidation sites excluding steroid dienone is 1. The predicted octanol–water partition coefficient (Wildman–Crippen LogP) is 2.27. The second-order valence-corrected chi connectivity index (χ2v) is 2.42. The highest BCUT2D eigenvalue weighted by molar-refractivity contribution is 5.38. The average Bonchev–Trinajstić information content (AvgIpc) is 2.06. The molecule has 2 rings (SSSR count). The Bertz CT molecular complexity index is 304. The molecular formula is C9H7FO. The Morgan fingerprint density at radius 2 is 2.27 bits per heavy atom. The van der Waals surface area contributed by atoms with E-state index in [0.29, 0.717) is 5.75 Å². The van der Waals surface area contributed by atoms with Crippen molar-refractivity contribution in [3.8, 4) is 5.75 Å². The van der Waals surface area contributed by atoms with Gasteiger partial charge in [0, 0.05) is 5.56 Å². The van der Waals surface area contributed by atoms with Crippen molar-refractivity contribution in [2.75, 3.05) is 0 Å². The van der Waals surface area contributed by atoms with Crippen LogP contribution in [0.15, 0.2) is 30.5 Å². The first-order valence-electron chi connectivity index (χ1n) is 3.47. The molecule has 0 fully saturated rings. The summed E-state index contributed by atoms with van der Waals surface area (Å²) >= 11 is 0. The van der Waals surface area contributed by atoms with Crippen LogP contribution >= 0.6 is 0 Å². The van der Waals surface area contributed by atoms with E-state index in [-0.39, 0.29) is 5.82 Å². The summed E-state index contributed by atoms with van der Waals surface area (Å²) in [4.78, 5) is 0. The summed E-state index contributed by atoms with van der Waals surface area (Å²) in [5.41, 5.74) is 0.910. The summed E-state index contributed by atoms with van der Waals surface area (Å²) in [6.07, 6.45) is 4.14. The lowest BCUT2D eigenvalue weighted by molar-refractivity contribution is 0.426. The summed E-state index contributed by atoms with van der Waals surface area (Å²) < 4.78 is 17.9. The largest absolute Gasteiger partial charge is 0.462 e. The van der Waals surface area contributed by atoms with Crippen LogP contribution in [0, 0.1) is 5.82 Å². The van der Waals surface area contributed by atoms with Crippen LogP contribution in [0.2, 0.25) is 0 Å². The van der Waals surface area contributed by atoms with Crippen LogP contribution in [0.3, 0.4) is 0 Å². The van der Waals surface area contributed by atoms with E-state index in [0.717, 1.165) is 12.0 Å². The molecule has 1 aromatic rings. The fourth-order valence-corrected chi connectivity index (χ4v) is 1.14. The van der Waals surface area contributed by atoms with E-state index >= 15 is 0 Å². The van der Waals surface area contributed by atoms with Crippen LogP contribution in [-0.2, 0) is 6.42 Å². The Morgan fingerprint density at radius 1 is 1.36 bits per heavy atom. The molecule has 1 aromatic carbocycles. The van der Waals surface area contributed by atoms with Crippen molar-refractivity contribution in [1.29, 1.82) is 0 Å². The molecule has 0 aliphatic carbocycles. The van der Waals surface area contributed by atoms with E-state index in [9.17, 15) is 4.39 Å². The Kier molecular flexibility index (Phi) is 1.39. The summed E-state index contributed by atoms with van der Waals surface area (Å²) in [6, 6.07) is 4.95. The molecule has 1 aliphatic heterocycles. The highest BCUT2D eigenvalue weighted by Crippen LogP contribution is 2.25. The highest BCUT2D eigenvalue weighted by atomic mass is 19.1. The Labute approximate surface area is 64.1 Å². The second kappa shape index (κ2) is 2.38. The summed E-state index contributed by atoms with van der Waals surface area (Å²) in [6.45, 7) is 0. The average molecular weight is 150 g/mol. The molecule has 0 unspecified atom stereocenters. The van der Waals surface area contributed by atoms with Gasteiger partial charge >= 0.3 is 0 Å². The van der Waals surface area contributed by atoms with E-state index in [1.165, 1.54) is 12.3 Å². The van der Waals surface area contributed by atoms with Crippen molar-refractivity contribution < 1.29 is 9.13 Å². The SMILES string of the molecule is Fc1cccc2c1OC=CC2. The van der Waals surface area contributed by atoms with Crippen molar-refractivity contribution in [2.24, 2.45) is 0 Å². The molecule has 0 saturated heterocycles. The fourth-order valence-electron chi connectivity index (χ4n) is 1.14. The van der Waals surface area contributed by atoms with Gasteiger partial charge in [-0.15, -0.1) is 0 Å². The molecule has 11 heavy (non-hydrogen) atoms. The normalized spacial score (nSPS) is 13.9. The molecule has 0 N–H and O–H groups in total. The molecule has 0 atom stereocenters. The lowest BCUT2D eigenvalue weighted by atomic mass is 10.1. The van der Waals surface area contributed by atoms with Gasteiger partial charge in [0.1, 0.15) is 0 Å². The van der Waals surface area contributed by atoms with Gasteiger partial charge in [-0.25, -0.2) is 4.39 Å². The maximum atomic E-state index is 12.9. The van der Waals surface area contributed by atoms with Crippen LogP contribution in [0.5, 0.6) is 5.75 Å². The zero-order valence-corrected chi connectivity index (χ0v) is 5.88. The summed E-state index contributed by atoms with van der Waals surface area (Å²) in [7, 11) is 0. The minimum absolute atomic E-state index is 0.285. The van der Waals surface area contributed by atoms with Crippen LogP contribution in [0.1, 0.15) is 5.56 Å². The molecule has 0 amide bonds. The number of benzene rings is 1. The third-order valence-electron chi connectivity index (χ3n) is 1.67. The molecule has 1 nitrogen and oxygen atoms in total. The van der Waals surface area contributed by atoms with Crippen LogP contribution in [0.25, 0.3) is 0 Å². The monoisotopic (exact) mass is 150 g/mol. The molecule has 0 radical (unpaired) electrons. The molecule has 56 valence electrons. The fraction of sp³-hybridized carbons (Fsp3) is 0.111. The van der Waals surface area contributed by atoms with Crippen LogP contribution in [0.4, 0.5) is 4.39 Å². The smallest absolute Gasteiger partial charge is 0.165 e. The first-order valence-corrected chi connectivity index (χ1v) is 3.47. The Hall–Kier alpha value is -1.31. The molecule has 1 aliphatic rings. The standard InChI is InChI=1S/C9H7FO/c10-8-5-1-3-7-4-2-6-11-9(7)8/h1-3,5-6H,4H2. The number of rotatable bonds is 0. The molecule has 1 heterocycles. The van der Waals surface area contributed by atoms with Gasteiger partial charge in [0.25, 0.3) is 0 Å². The number of ether oxygens (including phenoxy) is 1. The first-order chi connectivity index (χ1) is 5.38. The van der Waals surface area contributed by atoms with Gasteiger partial charge < -0.3 is 4.74 Å². The van der Waals surface area contributed by atoms with E-state index in [2.05, 4.69) is 0 Å². The maximum Gasteiger partial charge on any atom is 0.165 e. The highest BCUT2D eigenvalue weighted by Gasteiger charge is 2.09. The quantitative estimate of drug-likeness (QED) is 0.551. The van der Waals surface area contributed by atoms with Gasteiger partial charge in [-0.05, 0) is 18.6 Å². The van der Waals surface area contributed by atoms with E-state index in [1.54, 1.807) is 6.07 Å². The zero-order chi connectivity index (χ0) is 7.68. The van der Waals surface area contributed by atoms with E-state index in [4.69, 9.17) is 4.74 Å². The van der Waals surface area contributed by atoms with Crippen molar-refractivity contribution in [1.82, 2.24) is 0 Å². The van der Waals surface area contributed by atoms with Gasteiger partial charge in [-0.3, -0.25) is 0 Å². The molecular weight excluding hydrogens is 143 g/mol. The number of fused-ring (bicyclic) bond motifs is 1. The molecule has 0 spiro atoms. The lowest BCUT2D eigenvalue weighted by Crippen LogP contribution is -1.98. The summed E-state index contributed by atoms with van der Waals surface area (Å²) in [5, 5.41) is 0. The van der Waals surface area contributed by atoms with Crippen LogP contribution < -0.4 is 4.74 Å². The molecule has 2 heteroatoms. The van der Waals surface area contributed by atoms with E-state index < -0.39 is 0 Å². The number of hydrogen-bond donors (Lipinski definition) is 0. The van der Waals surface area contributed by atoms with E-state index in [1.807, 2.05) is 12.1 Å². The number of halogens is 1. The van der Waals surface area contributed by atoms with Crippen molar-refractivity contribution in [3.63, 3.8) is 0 Å². The minimum Gasteiger partial charge on any atom is -0.462 e. The first kappa shape index (κ1) is 6.40. The molecule has 0 bridgehead atoms. The lowest BCUT2D eigenvalue weighted by Gasteiger charge is -2.11. The van der Waals surface area contributed by atoms with Gasteiger partial charge in [-0.2, -0.15) is 0 Å². The number of para-hydroxylation sites is 1. The van der Waals surface area contributed by atoms with Gasteiger partial charge in [0.05, 0.1) is 6.26 Å².